The highest BCUT2D eigenvalue weighted by Crippen LogP contribution is 2.27. The predicted molar refractivity (Wildman–Crippen MR) is 81.9 cm³/mol. The Labute approximate surface area is 123 Å². The molecule has 118 valence electrons. The summed E-state index contributed by atoms with van der Waals surface area (Å²) in [5.41, 5.74) is -0.0978. The first-order valence-corrected chi connectivity index (χ1v) is 8.33. The molecule has 2 bridgehead atoms. The molecular weight excluding hydrogens is 252 g/mol. The van der Waals surface area contributed by atoms with Gasteiger partial charge in [-0.15, -0.1) is 0 Å². The lowest BCUT2D eigenvalue weighted by Gasteiger charge is -2.36. The SMILES string of the molecule is CCC(CO)(CCCN1CC2CCC(C1)O2)NC(C)C. The minimum absolute atomic E-state index is 0.0978. The molecule has 0 amide bonds. The lowest BCUT2D eigenvalue weighted by molar-refractivity contribution is -0.0392. The summed E-state index contributed by atoms with van der Waals surface area (Å²) in [6, 6.07) is 0.418. The fourth-order valence-corrected chi connectivity index (χ4v) is 3.72. The molecule has 2 rings (SSSR count). The summed E-state index contributed by atoms with van der Waals surface area (Å²) >= 11 is 0. The van der Waals surface area contributed by atoms with Gasteiger partial charge in [0.15, 0.2) is 0 Å². The van der Waals surface area contributed by atoms with E-state index in [9.17, 15) is 5.11 Å². The predicted octanol–water partition coefficient (Wildman–Crippen LogP) is 1.77. The summed E-state index contributed by atoms with van der Waals surface area (Å²) in [6.07, 6.45) is 6.62. The van der Waals surface area contributed by atoms with Gasteiger partial charge in [-0.1, -0.05) is 20.8 Å². The Balaban J connectivity index is 1.75. The van der Waals surface area contributed by atoms with Crippen molar-refractivity contribution in [3.05, 3.63) is 0 Å². The van der Waals surface area contributed by atoms with Gasteiger partial charge in [0.05, 0.1) is 18.8 Å². The van der Waals surface area contributed by atoms with E-state index in [2.05, 4.69) is 31.0 Å². The van der Waals surface area contributed by atoms with Gasteiger partial charge in [0.25, 0.3) is 0 Å². The molecule has 0 saturated carbocycles. The van der Waals surface area contributed by atoms with Crippen LogP contribution in [-0.4, -0.2) is 60.0 Å². The average molecular weight is 284 g/mol. The van der Waals surface area contributed by atoms with Crippen molar-refractivity contribution in [3.63, 3.8) is 0 Å². The molecule has 3 atom stereocenters. The number of morpholine rings is 1. The van der Waals surface area contributed by atoms with E-state index in [4.69, 9.17) is 4.74 Å². The van der Waals surface area contributed by atoms with Crippen LogP contribution < -0.4 is 5.32 Å². The monoisotopic (exact) mass is 284 g/mol. The Kier molecular flexibility index (Phi) is 5.84. The molecule has 2 saturated heterocycles. The zero-order chi connectivity index (χ0) is 14.6. The molecule has 20 heavy (non-hydrogen) atoms. The molecular formula is C16H32N2O2. The molecule has 0 aromatic rings. The van der Waals surface area contributed by atoms with Crippen molar-refractivity contribution in [2.45, 2.75) is 76.7 Å². The van der Waals surface area contributed by atoms with Crippen molar-refractivity contribution in [2.24, 2.45) is 0 Å². The van der Waals surface area contributed by atoms with Crippen LogP contribution in [0.2, 0.25) is 0 Å². The number of aliphatic hydroxyl groups excluding tert-OH is 1. The number of nitrogens with one attached hydrogen (secondary N) is 1. The van der Waals surface area contributed by atoms with Crippen LogP contribution in [0.5, 0.6) is 0 Å². The summed E-state index contributed by atoms with van der Waals surface area (Å²) in [5.74, 6) is 0. The van der Waals surface area contributed by atoms with Crippen molar-refractivity contribution in [1.29, 1.82) is 0 Å². The first-order chi connectivity index (χ1) is 9.57. The highest BCUT2D eigenvalue weighted by atomic mass is 16.5. The summed E-state index contributed by atoms with van der Waals surface area (Å²) in [6.45, 7) is 10.0. The van der Waals surface area contributed by atoms with E-state index in [1.54, 1.807) is 0 Å². The minimum atomic E-state index is -0.0978. The standard InChI is InChI=1S/C16H32N2O2/c1-4-16(12-19,17-13(2)3)8-5-9-18-10-14-6-7-15(11-18)20-14/h13-15,17,19H,4-12H2,1-3H3. The van der Waals surface area contributed by atoms with Gasteiger partial charge in [0.2, 0.25) is 0 Å². The summed E-state index contributed by atoms with van der Waals surface area (Å²) in [5, 5.41) is 13.3. The summed E-state index contributed by atoms with van der Waals surface area (Å²) in [4.78, 5) is 2.55. The maximum atomic E-state index is 9.76. The largest absolute Gasteiger partial charge is 0.394 e. The van der Waals surface area contributed by atoms with Crippen molar-refractivity contribution < 1.29 is 9.84 Å². The number of rotatable bonds is 8. The lowest BCUT2D eigenvalue weighted by atomic mass is 9.90. The summed E-state index contributed by atoms with van der Waals surface area (Å²) in [7, 11) is 0. The number of nitrogens with zero attached hydrogens (tertiary/aromatic N) is 1. The lowest BCUT2D eigenvalue weighted by Crippen LogP contribution is -2.51. The Morgan fingerprint density at radius 3 is 2.45 bits per heavy atom. The molecule has 2 fully saturated rings. The molecule has 0 aromatic carbocycles. The van der Waals surface area contributed by atoms with Gasteiger partial charge in [0, 0.05) is 24.7 Å². The highest BCUT2D eigenvalue weighted by Gasteiger charge is 2.34. The molecule has 4 heteroatoms. The van der Waals surface area contributed by atoms with Crippen LogP contribution in [0.1, 0.15) is 52.9 Å². The van der Waals surface area contributed by atoms with Gasteiger partial charge in [-0.05, 0) is 38.6 Å². The molecule has 0 spiro atoms. The first-order valence-electron chi connectivity index (χ1n) is 8.33. The van der Waals surface area contributed by atoms with Crippen LogP contribution in [0.25, 0.3) is 0 Å². The number of hydrogen-bond acceptors (Lipinski definition) is 4. The van der Waals surface area contributed by atoms with Crippen molar-refractivity contribution in [1.82, 2.24) is 10.2 Å². The molecule has 0 aromatic heterocycles. The minimum Gasteiger partial charge on any atom is -0.394 e. The zero-order valence-corrected chi connectivity index (χ0v) is 13.4. The molecule has 2 N–H and O–H groups in total. The van der Waals surface area contributed by atoms with E-state index >= 15 is 0 Å². The molecule has 2 aliphatic rings. The molecule has 4 nitrogen and oxygen atoms in total. The van der Waals surface area contributed by atoms with Crippen LogP contribution in [0.3, 0.4) is 0 Å². The number of aliphatic hydroxyl groups is 1. The number of hydrogen-bond donors (Lipinski definition) is 2. The fraction of sp³-hybridized carbons (Fsp3) is 1.00. The van der Waals surface area contributed by atoms with Gasteiger partial charge in [0.1, 0.15) is 0 Å². The molecule has 2 aliphatic heterocycles. The Hall–Kier alpha value is -0.160. The Morgan fingerprint density at radius 1 is 1.30 bits per heavy atom. The number of ether oxygens (including phenoxy) is 1. The van der Waals surface area contributed by atoms with Gasteiger partial charge in [-0.25, -0.2) is 0 Å². The van der Waals surface area contributed by atoms with Crippen molar-refractivity contribution >= 4 is 0 Å². The third kappa shape index (κ3) is 4.17. The maximum absolute atomic E-state index is 9.76. The van der Waals surface area contributed by atoms with Crippen molar-refractivity contribution in [3.8, 4) is 0 Å². The van der Waals surface area contributed by atoms with E-state index in [1.165, 1.54) is 12.8 Å². The smallest absolute Gasteiger partial charge is 0.0707 e. The average Bonchev–Trinajstić information content (AvgIpc) is 2.76. The first kappa shape index (κ1) is 16.2. The maximum Gasteiger partial charge on any atom is 0.0707 e. The third-order valence-corrected chi connectivity index (χ3v) is 4.82. The quantitative estimate of drug-likeness (QED) is 0.713. The van der Waals surface area contributed by atoms with Gasteiger partial charge in [-0.2, -0.15) is 0 Å². The molecule has 3 unspecified atom stereocenters. The van der Waals surface area contributed by atoms with Gasteiger partial charge in [-0.3, -0.25) is 4.90 Å². The van der Waals surface area contributed by atoms with Crippen LogP contribution in [-0.2, 0) is 4.74 Å². The Morgan fingerprint density at radius 2 is 1.95 bits per heavy atom. The van der Waals surface area contributed by atoms with E-state index in [0.717, 1.165) is 38.9 Å². The fourth-order valence-electron chi connectivity index (χ4n) is 3.72. The number of fused-ring (bicyclic) bond motifs is 2. The second kappa shape index (κ2) is 7.21. The van der Waals surface area contributed by atoms with Crippen LogP contribution in [0.15, 0.2) is 0 Å². The molecule has 2 heterocycles. The van der Waals surface area contributed by atoms with Gasteiger partial charge >= 0.3 is 0 Å². The van der Waals surface area contributed by atoms with Crippen molar-refractivity contribution in [2.75, 3.05) is 26.2 Å². The topological polar surface area (TPSA) is 44.7 Å². The second-order valence-electron chi connectivity index (χ2n) is 6.91. The molecule has 0 aliphatic carbocycles. The normalized spacial score (nSPS) is 29.9. The van der Waals surface area contributed by atoms with Crippen LogP contribution in [0.4, 0.5) is 0 Å². The number of likely N-dealkylation sites (tertiary alicyclic amines) is 1. The van der Waals surface area contributed by atoms with Crippen LogP contribution in [0, 0.1) is 0 Å². The highest BCUT2D eigenvalue weighted by molar-refractivity contribution is 4.89. The second-order valence-corrected chi connectivity index (χ2v) is 6.91. The third-order valence-electron chi connectivity index (χ3n) is 4.82. The van der Waals surface area contributed by atoms with E-state index in [1.807, 2.05) is 0 Å². The molecule has 0 radical (unpaired) electrons. The zero-order valence-electron chi connectivity index (χ0n) is 13.4. The van der Waals surface area contributed by atoms with E-state index < -0.39 is 0 Å². The van der Waals surface area contributed by atoms with Gasteiger partial charge < -0.3 is 15.2 Å². The van der Waals surface area contributed by atoms with Crippen LogP contribution >= 0.6 is 0 Å². The van der Waals surface area contributed by atoms with E-state index in [-0.39, 0.29) is 12.1 Å². The van der Waals surface area contributed by atoms with E-state index in [0.29, 0.717) is 18.2 Å². The summed E-state index contributed by atoms with van der Waals surface area (Å²) < 4.78 is 5.88. The Bertz CT molecular complexity index is 280.